The minimum Gasteiger partial charge on any atom is -0.394 e. The topological polar surface area (TPSA) is 35.5 Å². The number of aliphatic hydroxyl groups is 1. The summed E-state index contributed by atoms with van der Waals surface area (Å²) >= 11 is 0. The largest absolute Gasteiger partial charge is 0.394 e. The fourth-order valence-electron chi connectivity index (χ4n) is 3.71. The fraction of sp³-hybridized carbons (Fsp3) is 0.647. The molecule has 2 N–H and O–H groups in total. The lowest BCUT2D eigenvalue weighted by atomic mass is 9.83. The Kier molecular flexibility index (Phi) is 4.84. The molecule has 0 saturated carbocycles. The minimum atomic E-state index is -0.284. The maximum absolute atomic E-state index is 10.1. The van der Waals surface area contributed by atoms with E-state index in [2.05, 4.69) is 50.0 Å². The highest BCUT2D eigenvalue weighted by molar-refractivity contribution is 5.42. The molecule has 112 valence electrons. The van der Waals surface area contributed by atoms with Crippen LogP contribution in [0.5, 0.6) is 0 Å². The molecule has 3 nitrogen and oxygen atoms in total. The average molecular weight is 276 g/mol. The third-order valence-corrected chi connectivity index (χ3v) is 4.56. The summed E-state index contributed by atoms with van der Waals surface area (Å²) in [6, 6.07) is 4.46. The Balaban J connectivity index is 2.44. The van der Waals surface area contributed by atoms with Gasteiger partial charge in [-0.1, -0.05) is 17.7 Å². The van der Waals surface area contributed by atoms with E-state index in [1.54, 1.807) is 0 Å². The Bertz CT molecular complexity index is 441. The van der Waals surface area contributed by atoms with Crippen molar-refractivity contribution in [1.29, 1.82) is 0 Å². The average Bonchev–Trinajstić information content (AvgIpc) is 2.66. The summed E-state index contributed by atoms with van der Waals surface area (Å²) in [5.74, 6) is 0. The van der Waals surface area contributed by atoms with Gasteiger partial charge in [0.05, 0.1) is 12.1 Å². The Morgan fingerprint density at radius 2 is 1.80 bits per heavy atom. The Morgan fingerprint density at radius 3 is 2.40 bits per heavy atom. The second-order valence-electron chi connectivity index (χ2n) is 6.30. The maximum Gasteiger partial charge on any atom is 0.0671 e. The van der Waals surface area contributed by atoms with Crippen LogP contribution < -0.4 is 5.32 Å². The highest BCUT2D eigenvalue weighted by atomic mass is 16.3. The molecule has 0 spiro atoms. The third-order valence-electron chi connectivity index (χ3n) is 4.56. The van der Waals surface area contributed by atoms with E-state index < -0.39 is 0 Å². The van der Waals surface area contributed by atoms with E-state index in [0.29, 0.717) is 0 Å². The number of hydrogen-bond donors (Lipinski definition) is 2. The van der Waals surface area contributed by atoms with Gasteiger partial charge < -0.3 is 10.4 Å². The number of nitrogens with one attached hydrogen (secondary N) is 1. The highest BCUT2D eigenvalue weighted by Crippen LogP contribution is 2.34. The van der Waals surface area contributed by atoms with Crippen molar-refractivity contribution >= 4 is 0 Å². The molecule has 1 aliphatic rings. The Hall–Kier alpha value is -0.900. The molecule has 1 saturated heterocycles. The number of rotatable bonds is 3. The lowest BCUT2D eigenvalue weighted by Gasteiger charge is -2.42. The molecule has 1 aromatic rings. The highest BCUT2D eigenvalue weighted by Gasteiger charge is 2.35. The van der Waals surface area contributed by atoms with Crippen LogP contribution in [0.15, 0.2) is 12.1 Å². The van der Waals surface area contributed by atoms with Gasteiger partial charge in [0.25, 0.3) is 0 Å². The van der Waals surface area contributed by atoms with Crippen molar-refractivity contribution in [2.24, 2.45) is 0 Å². The number of nitrogens with zero attached hydrogens (tertiary/aromatic N) is 1. The standard InChI is InChI=1S/C17H28N2O/c1-13-10-14(2)16(15(3)11-13)17(4,12-20)19-8-5-6-18-7-9-19/h10-11,18,20H,5-9,12H2,1-4H3. The molecule has 0 radical (unpaired) electrons. The van der Waals surface area contributed by atoms with E-state index in [1.807, 2.05) is 0 Å². The summed E-state index contributed by atoms with van der Waals surface area (Å²) in [5, 5.41) is 13.6. The molecule has 1 aromatic carbocycles. The van der Waals surface area contributed by atoms with Crippen molar-refractivity contribution in [2.45, 2.75) is 39.7 Å². The van der Waals surface area contributed by atoms with Crippen molar-refractivity contribution in [1.82, 2.24) is 10.2 Å². The van der Waals surface area contributed by atoms with Gasteiger partial charge in [-0.3, -0.25) is 4.90 Å². The third kappa shape index (κ3) is 2.90. The Labute approximate surface area is 123 Å². The van der Waals surface area contributed by atoms with Crippen molar-refractivity contribution in [3.63, 3.8) is 0 Å². The van der Waals surface area contributed by atoms with Gasteiger partial charge in [0.15, 0.2) is 0 Å². The van der Waals surface area contributed by atoms with Crippen LogP contribution in [0.1, 0.15) is 35.6 Å². The molecule has 0 aliphatic carbocycles. The van der Waals surface area contributed by atoms with E-state index >= 15 is 0 Å². The zero-order chi connectivity index (χ0) is 14.8. The molecule has 1 unspecified atom stereocenters. The number of aryl methyl sites for hydroxylation is 3. The van der Waals surface area contributed by atoms with Gasteiger partial charge in [0.1, 0.15) is 0 Å². The lowest BCUT2D eigenvalue weighted by Crippen LogP contribution is -2.49. The van der Waals surface area contributed by atoms with Gasteiger partial charge in [0, 0.05) is 19.6 Å². The molecule has 1 heterocycles. The summed E-state index contributed by atoms with van der Waals surface area (Å²) in [7, 11) is 0. The summed E-state index contributed by atoms with van der Waals surface area (Å²) < 4.78 is 0. The van der Waals surface area contributed by atoms with Gasteiger partial charge >= 0.3 is 0 Å². The Morgan fingerprint density at radius 1 is 1.15 bits per heavy atom. The van der Waals surface area contributed by atoms with Crippen LogP contribution in [0.2, 0.25) is 0 Å². The molecular weight excluding hydrogens is 248 g/mol. The van der Waals surface area contributed by atoms with Crippen LogP contribution in [-0.2, 0) is 5.54 Å². The van der Waals surface area contributed by atoms with E-state index in [4.69, 9.17) is 0 Å². The minimum absolute atomic E-state index is 0.164. The van der Waals surface area contributed by atoms with Gasteiger partial charge in [0.2, 0.25) is 0 Å². The molecule has 0 aromatic heterocycles. The monoisotopic (exact) mass is 276 g/mol. The fourth-order valence-corrected chi connectivity index (χ4v) is 3.71. The van der Waals surface area contributed by atoms with Crippen LogP contribution in [-0.4, -0.2) is 42.8 Å². The first-order valence-electron chi connectivity index (χ1n) is 7.64. The first-order chi connectivity index (χ1) is 9.49. The van der Waals surface area contributed by atoms with Crippen molar-refractivity contribution in [2.75, 3.05) is 32.8 Å². The summed E-state index contributed by atoms with van der Waals surface area (Å²) in [4.78, 5) is 2.44. The molecule has 3 heteroatoms. The molecule has 2 rings (SSSR count). The summed E-state index contributed by atoms with van der Waals surface area (Å²) in [6.45, 7) is 12.9. The quantitative estimate of drug-likeness (QED) is 0.887. The lowest BCUT2D eigenvalue weighted by molar-refractivity contribution is 0.0443. The zero-order valence-corrected chi connectivity index (χ0v) is 13.3. The van der Waals surface area contributed by atoms with Gasteiger partial charge in [-0.2, -0.15) is 0 Å². The molecule has 1 atom stereocenters. The van der Waals surface area contributed by atoms with Gasteiger partial charge in [-0.15, -0.1) is 0 Å². The normalized spacial score (nSPS) is 20.4. The molecule has 1 aliphatic heterocycles. The zero-order valence-electron chi connectivity index (χ0n) is 13.3. The van der Waals surface area contributed by atoms with Crippen LogP contribution >= 0.6 is 0 Å². The molecule has 1 fully saturated rings. The van der Waals surface area contributed by atoms with Crippen LogP contribution in [0.25, 0.3) is 0 Å². The molecule has 0 amide bonds. The molecular formula is C17H28N2O. The van der Waals surface area contributed by atoms with Crippen LogP contribution in [0, 0.1) is 20.8 Å². The van der Waals surface area contributed by atoms with Crippen LogP contribution in [0.4, 0.5) is 0 Å². The van der Waals surface area contributed by atoms with Crippen LogP contribution in [0.3, 0.4) is 0 Å². The number of hydrogen-bond acceptors (Lipinski definition) is 3. The van der Waals surface area contributed by atoms with Crippen molar-refractivity contribution in [3.8, 4) is 0 Å². The SMILES string of the molecule is Cc1cc(C)c(C(C)(CO)N2CCCNCC2)c(C)c1. The van der Waals surface area contributed by atoms with E-state index in [0.717, 1.165) is 32.6 Å². The maximum atomic E-state index is 10.1. The first kappa shape index (κ1) is 15.5. The second kappa shape index (κ2) is 6.25. The first-order valence-corrected chi connectivity index (χ1v) is 7.64. The number of benzene rings is 1. The second-order valence-corrected chi connectivity index (χ2v) is 6.30. The van der Waals surface area contributed by atoms with E-state index in [-0.39, 0.29) is 12.1 Å². The predicted molar refractivity (Wildman–Crippen MR) is 84.2 cm³/mol. The summed E-state index contributed by atoms with van der Waals surface area (Å²) in [5.41, 5.74) is 4.88. The van der Waals surface area contributed by atoms with E-state index in [1.165, 1.54) is 22.3 Å². The van der Waals surface area contributed by atoms with Crippen molar-refractivity contribution in [3.05, 3.63) is 34.4 Å². The smallest absolute Gasteiger partial charge is 0.0671 e. The predicted octanol–water partition coefficient (Wildman–Crippen LogP) is 2.11. The molecule has 20 heavy (non-hydrogen) atoms. The van der Waals surface area contributed by atoms with Gasteiger partial charge in [-0.25, -0.2) is 0 Å². The van der Waals surface area contributed by atoms with E-state index in [9.17, 15) is 5.11 Å². The van der Waals surface area contributed by atoms with Crippen molar-refractivity contribution < 1.29 is 5.11 Å². The summed E-state index contributed by atoms with van der Waals surface area (Å²) in [6.07, 6.45) is 1.14. The van der Waals surface area contributed by atoms with Gasteiger partial charge in [-0.05, 0) is 57.4 Å². The molecule has 0 bridgehead atoms. The number of aliphatic hydroxyl groups excluding tert-OH is 1.